The average Bonchev–Trinajstić information content (AvgIpc) is 2.61. The van der Waals surface area contributed by atoms with Crippen LogP contribution in [0.5, 0.6) is 0 Å². The summed E-state index contributed by atoms with van der Waals surface area (Å²) in [6.07, 6.45) is 2.49. The van der Waals surface area contributed by atoms with E-state index in [2.05, 4.69) is 4.98 Å². The Balaban J connectivity index is 1.97. The van der Waals surface area contributed by atoms with E-state index >= 15 is 0 Å². The van der Waals surface area contributed by atoms with Gasteiger partial charge in [0.15, 0.2) is 6.29 Å². The molecule has 1 aromatic heterocycles. The van der Waals surface area contributed by atoms with Crippen molar-refractivity contribution in [3.8, 4) is 11.1 Å². The fourth-order valence-electron chi connectivity index (χ4n) is 3.03. The predicted octanol–water partition coefficient (Wildman–Crippen LogP) is 5.32. The molecule has 1 unspecified atom stereocenters. The third-order valence-electron chi connectivity index (χ3n) is 4.20. The summed E-state index contributed by atoms with van der Waals surface area (Å²) in [6, 6.07) is 11.3. The zero-order valence-electron chi connectivity index (χ0n) is 14.0. The van der Waals surface area contributed by atoms with E-state index in [9.17, 15) is 18.0 Å². The Morgan fingerprint density at radius 3 is 2.46 bits per heavy atom. The Labute approximate surface area is 149 Å². The molecular formula is C21H16F3NO. The quantitative estimate of drug-likeness (QED) is 0.580. The molecule has 1 heterocycles. The van der Waals surface area contributed by atoms with Crippen LogP contribution in [0.4, 0.5) is 13.2 Å². The molecule has 3 aromatic rings. The second kappa shape index (κ2) is 7.52. The van der Waals surface area contributed by atoms with Gasteiger partial charge in [0, 0.05) is 23.7 Å². The van der Waals surface area contributed by atoms with E-state index in [4.69, 9.17) is 0 Å². The Morgan fingerprint density at radius 1 is 1.04 bits per heavy atom. The van der Waals surface area contributed by atoms with E-state index in [-0.39, 0.29) is 11.5 Å². The lowest BCUT2D eigenvalue weighted by atomic mass is 9.91. The van der Waals surface area contributed by atoms with Crippen LogP contribution in [0.15, 0.2) is 54.7 Å². The van der Waals surface area contributed by atoms with Gasteiger partial charge < -0.3 is 0 Å². The minimum Gasteiger partial charge on any atom is -0.298 e. The number of hydrogen-bond acceptors (Lipinski definition) is 2. The molecule has 0 N–H and O–H groups in total. The van der Waals surface area contributed by atoms with E-state index in [1.807, 2.05) is 13.0 Å². The number of hydrogen-bond donors (Lipinski definition) is 0. The first-order chi connectivity index (χ1) is 12.5. The topological polar surface area (TPSA) is 30.0 Å². The fraction of sp³-hybridized carbons (Fsp3) is 0.143. The van der Waals surface area contributed by atoms with Crippen LogP contribution in [0.25, 0.3) is 11.1 Å². The molecule has 0 aliphatic carbocycles. The van der Waals surface area contributed by atoms with Crippen molar-refractivity contribution in [1.82, 2.24) is 4.98 Å². The van der Waals surface area contributed by atoms with Crippen molar-refractivity contribution >= 4 is 6.29 Å². The highest BCUT2D eigenvalue weighted by molar-refractivity contribution is 5.79. The Hall–Kier alpha value is -2.95. The number of benzene rings is 2. The van der Waals surface area contributed by atoms with Crippen LogP contribution >= 0.6 is 0 Å². The minimum absolute atomic E-state index is 0.0304. The summed E-state index contributed by atoms with van der Waals surface area (Å²) in [6.45, 7) is 1.90. The number of rotatable bonds is 5. The van der Waals surface area contributed by atoms with Gasteiger partial charge in [-0.2, -0.15) is 0 Å². The van der Waals surface area contributed by atoms with Gasteiger partial charge in [0.1, 0.15) is 17.5 Å². The van der Waals surface area contributed by atoms with Crippen molar-refractivity contribution in [1.29, 1.82) is 0 Å². The molecule has 5 heteroatoms. The molecule has 0 saturated heterocycles. The average molecular weight is 355 g/mol. The molecule has 1 atom stereocenters. The molecule has 0 bridgehead atoms. The van der Waals surface area contributed by atoms with Crippen molar-refractivity contribution < 1.29 is 18.0 Å². The first-order valence-corrected chi connectivity index (χ1v) is 8.13. The van der Waals surface area contributed by atoms with Gasteiger partial charge in [-0.25, -0.2) is 13.2 Å². The maximum absolute atomic E-state index is 13.6. The zero-order valence-corrected chi connectivity index (χ0v) is 14.0. The monoisotopic (exact) mass is 355 g/mol. The number of carbonyl (C=O) groups excluding carboxylic acids is 1. The summed E-state index contributed by atoms with van der Waals surface area (Å²) in [5.41, 5.74) is 2.62. The number of pyridine rings is 1. The molecule has 26 heavy (non-hydrogen) atoms. The van der Waals surface area contributed by atoms with Crippen LogP contribution in [-0.4, -0.2) is 11.3 Å². The second-order valence-electron chi connectivity index (χ2n) is 6.17. The molecule has 0 aliphatic heterocycles. The second-order valence-corrected chi connectivity index (χ2v) is 6.17. The summed E-state index contributed by atoms with van der Waals surface area (Å²) in [5.74, 6) is -1.97. The van der Waals surface area contributed by atoms with E-state index in [1.165, 1.54) is 24.3 Å². The van der Waals surface area contributed by atoms with Crippen molar-refractivity contribution in [2.45, 2.75) is 19.3 Å². The maximum atomic E-state index is 13.6. The van der Waals surface area contributed by atoms with Crippen molar-refractivity contribution in [3.63, 3.8) is 0 Å². The van der Waals surface area contributed by atoms with Crippen LogP contribution in [0, 0.1) is 17.5 Å². The molecule has 0 spiro atoms. The Bertz CT molecular complexity index is 935. The van der Waals surface area contributed by atoms with Gasteiger partial charge in [-0.1, -0.05) is 19.1 Å². The third kappa shape index (κ3) is 3.82. The van der Waals surface area contributed by atoms with E-state index in [0.717, 1.165) is 11.6 Å². The van der Waals surface area contributed by atoms with Crippen molar-refractivity contribution in [2.75, 3.05) is 0 Å². The lowest BCUT2D eigenvalue weighted by Crippen LogP contribution is -2.04. The van der Waals surface area contributed by atoms with Crippen LogP contribution in [0.1, 0.15) is 34.5 Å². The number of carbonyl (C=O) groups is 1. The molecule has 0 radical (unpaired) electrons. The van der Waals surface area contributed by atoms with Crippen LogP contribution in [0.3, 0.4) is 0 Å². The van der Waals surface area contributed by atoms with Gasteiger partial charge >= 0.3 is 0 Å². The van der Waals surface area contributed by atoms with Crippen LogP contribution < -0.4 is 0 Å². The van der Waals surface area contributed by atoms with E-state index < -0.39 is 17.5 Å². The molecular weight excluding hydrogens is 339 g/mol. The largest absolute Gasteiger partial charge is 0.298 e. The van der Waals surface area contributed by atoms with Gasteiger partial charge in [0.2, 0.25) is 0 Å². The van der Waals surface area contributed by atoms with E-state index in [0.29, 0.717) is 29.5 Å². The van der Waals surface area contributed by atoms with Crippen molar-refractivity contribution in [2.24, 2.45) is 0 Å². The molecule has 132 valence electrons. The normalized spacial score (nSPS) is 12.0. The molecule has 3 rings (SSSR count). The van der Waals surface area contributed by atoms with Crippen LogP contribution in [-0.2, 0) is 6.42 Å². The fourth-order valence-corrected chi connectivity index (χ4v) is 3.03. The summed E-state index contributed by atoms with van der Waals surface area (Å²) in [4.78, 5) is 15.4. The van der Waals surface area contributed by atoms with Crippen molar-refractivity contribution in [3.05, 3.63) is 89.0 Å². The number of halogens is 3. The Morgan fingerprint density at radius 2 is 1.77 bits per heavy atom. The zero-order chi connectivity index (χ0) is 18.7. The molecule has 0 aliphatic rings. The van der Waals surface area contributed by atoms with Gasteiger partial charge in [0.05, 0.1) is 11.3 Å². The molecule has 0 amide bonds. The first-order valence-electron chi connectivity index (χ1n) is 8.13. The lowest BCUT2D eigenvalue weighted by molar-refractivity contribution is 0.112. The minimum atomic E-state index is -0.623. The highest BCUT2D eigenvalue weighted by Crippen LogP contribution is 2.30. The summed E-state index contributed by atoms with van der Waals surface area (Å²) < 4.78 is 40.4. The van der Waals surface area contributed by atoms with Gasteiger partial charge in [-0.3, -0.25) is 9.78 Å². The van der Waals surface area contributed by atoms with E-state index in [1.54, 1.807) is 18.3 Å². The number of aldehydes is 1. The third-order valence-corrected chi connectivity index (χ3v) is 4.20. The number of nitrogens with zero attached hydrogens (tertiary/aromatic N) is 1. The lowest BCUT2D eigenvalue weighted by Gasteiger charge is -2.16. The summed E-state index contributed by atoms with van der Waals surface area (Å²) in [5, 5.41) is 0. The summed E-state index contributed by atoms with van der Waals surface area (Å²) >= 11 is 0. The molecule has 0 saturated carbocycles. The standard InChI is InChI=1S/C21H16F3NO/c1-13(7-14-8-17(22)11-18(23)9-14)21-19(3-2-6-25-21)15-4-5-20(24)16(10-15)12-26/h2-6,8-13H,7H2,1H3. The van der Waals surface area contributed by atoms with Gasteiger partial charge in [0.25, 0.3) is 0 Å². The molecule has 2 nitrogen and oxygen atoms in total. The number of aromatic nitrogens is 1. The predicted molar refractivity (Wildman–Crippen MR) is 93.5 cm³/mol. The highest BCUT2D eigenvalue weighted by atomic mass is 19.1. The molecule has 2 aromatic carbocycles. The van der Waals surface area contributed by atoms with Crippen LogP contribution in [0.2, 0.25) is 0 Å². The Kier molecular flexibility index (Phi) is 5.16. The highest BCUT2D eigenvalue weighted by Gasteiger charge is 2.16. The van der Waals surface area contributed by atoms with Gasteiger partial charge in [-0.05, 0) is 47.9 Å². The first kappa shape index (κ1) is 17.9. The SMILES string of the molecule is CC(Cc1cc(F)cc(F)c1)c1ncccc1-c1ccc(F)c(C=O)c1. The maximum Gasteiger partial charge on any atom is 0.153 e. The summed E-state index contributed by atoms with van der Waals surface area (Å²) in [7, 11) is 0. The molecule has 0 fully saturated rings. The smallest absolute Gasteiger partial charge is 0.153 e. The van der Waals surface area contributed by atoms with Gasteiger partial charge in [-0.15, -0.1) is 0 Å².